The van der Waals surface area contributed by atoms with Crippen LogP contribution in [0.25, 0.3) is 39.2 Å². The van der Waals surface area contributed by atoms with Crippen molar-refractivity contribution in [1.82, 2.24) is 9.38 Å². The molecule has 0 fully saturated rings. The number of benzene rings is 3. The SMILES string of the molecule is Oc1ccc(-c2cn3cc(-c4ccccc4)cc(-c4ccccc4)c3n2)cc1. The predicted molar refractivity (Wildman–Crippen MR) is 113 cm³/mol. The third kappa shape index (κ3) is 2.93. The first-order chi connectivity index (χ1) is 13.8. The van der Waals surface area contributed by atoms with Crippen LogP contribution in [-0.4, -0.2) is 14.5 Å². The van der Waals surface area contributed by atoms with Gasteiger partial charge in [-0.1, -0.05) is 60.7 Å². The molecule has 3 nitrogen and oxygen atoms in total. The second-order valence-electron chi connectivity index (χ2n) is 6.78. The number of fused-ring (bicyclic) bond motifs is 1. The number of phenols is 1. The first kappa shape index (κ1) is 16.3. The van der Waals surface area contributed by atoms with E-state index in [0.717, 1.165) is 33.6 Å². The minimum absolute atomic E-state index is 0.254. The first-order valence-corrected chi connectivity index (χ1v) is 9.21. The van der Waals surface area contributed by atoms with Gasteiger partial charge >= 0.3 is 0 Å². The fourth-order valence-corrected chi connectivity index (χ4v) is 3.49. The van der Waals surface area contributed by atoms with Crippen LogP contribution in [0, 0.1) is 0 Å². The zero-order chi connectivity index (χ0) is 18.9. The average Bonchev–Trinajstić information content (AvgIpc) is 3.19. The highest BCUT2D eigenvalue weighted by Crippen LogP contribution is 2.32. The van der Waals surface area contributed by atoms with E-state index in [1.807, 2.05) is 42.6 Å². The first-order valence-electron chi connectivity index (χ1n) is 9.21. The maximum absolute atomic E-state index is 9.57. The monoisotopic (exact) mass is 362 g/mol. The van der Waals surface area contributed by atoms with Crippen molar-refractivity contribution in [3.63, 3.8) is 0 Å². The molecule has 3 aromatic carbocycles. The van der Waals surface area contributed by atoms with Gasteiger partial charge in [-0.25, -0.2) is 4.98 Å². The summed E-state index contributed by atoms with van der Waals surface area (Å²) in [5, 5.41) is 9.57. The Morgan fingerprint density at radius 3 is 1.93 bits per heavy atom. The standard InChI is InChI=1S/C25H18N2O/c28-22-13-11-20(12-14-22)24-17-27-16-21(18-7-3-1-4-8-18)15-23(25(27)26-24)19-9-5-2-6-10-19/h1-17,28H. The predicted octanol–water partition coefficient (Wildman–Crippen LogP) is 6.04. The molecular weight excluding hydrogens is 344 g/mol. The maximum Gasteiger partial charge on any atom is 0.145 e. The lowest BCUT2D eigenvalue weighted by atomic mass is 10.0. The van der Waals surface area contributed by atoms with Gasteiger partial charge < -0.3 is 9.51 Å². The molecule has 0 atom stereocenters. The third-order valence-electron chi connectivity index (χ3n) is 4.91. The van der Waals surface area contributed by atoms with Gasteiger partial charge in [0.05, 0.1) is 5.69 Å². The van der Waals surface area contributed by atoms with E-state index in [2.05, 4.69) is 53.1 Å². The summed E-state index contributed by atoms with van der Waals surface area (Å²) in [6.07, 6.45) is 4.16. The number of nitrogens with zero attached hydrogens (tertiary/aromatic N) is 2. The number of hydrogen-bond acceptors (Lipinski definition) is 2. The van der Waals surface area contributed by atoms with Gasteiger partial charge in [0.1, 0.15) is 11.4 Å². The van der Waals surface area contributed by atoms with Crippen LogP contribution in [0.2, 0.25) is 0 Å². The Hall–Kier alpha value is -3.85. The van der Waals surface area contributed by atoms with Crippen molar-refractivity contribution < 1.29 is 5.11 Å². The number of rotatable bonds is 3. The van der Waals surface area contributed by atoms with E-state index in [1.54, 1.807) is 12.1 Å². The van der Waals surface area contributed by atoms with E-state index < -0.39 is 0 Å². The number of hydrogen-bond donors (Lipinski definition) is 1. The Balaban J connectivity index is 1.75. The van der Waals surface area contributed by atoms with E-state index in [4.69, 9.17) is 4.98 Å². The van der Waals surface area contributed by atoms with Crippen molar-refractivity contribution in [3.05, 3.63) is 103 Å². The number of imidazole rings is 1. The average molecular weight is 362 g/mol. The molecule has 0 aliphatic heterocycles. The molecule has 1 N–H and O–H groups in total. The summed E-state index contributed by atoms with van der Waals surface area (Å²) in [5.74, 6) is 0.254. The second kappa shape index (κ2) is 6.71. The largest absolute Gasteiger partial charge is 0.508 e. The lowest BCUT2D eigenvalue weighted by Crippen LogP contribution is -1.90. The van der Waals surface area contributed by atoms with Crippen LogP contribution >= 0.6 is 0 Å². The number of phenolic OH excluding ortho intramolecular Hbond substituents is 1. The van der Waals surface area contributed by atoms with Gasteiger partial charge in [-0.2, -0.15) is 0 Å². The lowest BCUT2D eigenvalue weighted by Gasteiger charge is -2.09. The topological polar surface area (TPSA) is 37.5 Å². The molecule has 3 heteroatoms. The van der Waals surface area contributed by atoms with Crippen LogP contribution in [0.4, 0.5) is 0 Å². The fourth-order valence-electron chi connectivity index (χ4n) is 3.49. The molecule has 28 heavy (non-hydrogen) atoms. The second-order valence-corrected chi connectivity index (χ2v) is 6.78. The normalized spacial score (nSPS) is 11.0. The summed E-state index contributed by atoms with van der Waals surface area (Å²) < 4.78 is 2.09. The van der Waals surface area contributed by atoms with Gasteiger partial charge in [0.2, 0.25) is 0 Å². The van der Waals surface area contributed by atoms with Gasteiger partial charge in [-0.05, 0) is 47.0 Å². The van der Waals surface area contributed by atoms with Crippen LogP contribution in [0.3, 0.4) is 0 Å². The van der Waals surface area contributed by atoms with Gasteiger partial charge in [0.25, 0.3) is 0 Å². The molecular formula is C25H18N2O. The fraction of sp³-hybridized carbons (Fsp3) is 0. The molecule has 0 radical (unpaired) electrons. The van der Waals surface area contributed by atoms with Gasteiger partial charge in [0.15, 0.2) is 0 Å². The molecule has 0 aliphatic carbocycles. The Morgan fingerprint density at radius 2 is 1.25 bits per heavy atom. The van der Waals surface area contributed by atoms with Crippen LogP contribution in [0.15, 0.2) is 103 Å². The van der Waals surface area contributed by atoms with Gasteiger partial charge in [-0.3, -0.25) is 0 Å². The molecule has 0 saturated carbocycles. The van der Waals surface area contributed by atoms with Crippen molar-refractivity contribution in [2.24, 2.45) is 0 Å². The quantitative estimate of drug-likeness (QED) is 0.425. The molecule has 5 aromatic rings. The Kier molecular flexibility index (Phi) is 3.91. The summed E-state index contributed by atoms with van der Waals surface area (Å²) >= 11 is 0. The van der Waals surface area contributed by atoms with E-state index in [9.17, 15) is 5.11 Å². The Labute approximate surface area is 163 Å². The van der Waals surface area contributed by atoms with Crippen molar-refractivity contribution in [1.29, 1.82) is 0 Å². The summed E-state index contributed by atoms with van der Waals surface area (Å²) in [6.45, 7) is 0. The van der Waals surface area contributed by atoms with Crippen molar-refractivity contribution in [2.45, 2.75) is 0 Å². The van der Waals surface area contributed by atoms with E-state index >= 15 is 0 Å². The van der Waals surface area contributed by atoms with Gasteiger partial charge in [-0.15, -0.1) is 0 Å². The third-order valence-corrected chi connectivity index (χ3v) is 4.91. The van der Waals surface area contributed by atoms with Crippen molar-refractivity contribution >= 4 is 5.65 Å². The molecule has 0 unspecified atom stereocenters. The summed E-state index contributed by atoms with van der Waals surface area (Å²) in [6, 6.07) is 30.1. The van der Waals surface area contributed by atoms with Crippen molar-refractivity contribution in [2.75, 3.05) is 0 Å². The minimum atomic E-state index is 0.254. The van der Waals surface area contributed by atoms with E-state index in [1.165, 1.54) is 5.56 Å². The molecule has 0 amide bonds. The highest BCUT2D eigenvalue weighted by molar-refractivity contribution is 5.84. The van der Waals surface area contributed by atoms with Crippen LogP contribution in [0.1, 0.15) is 0 Å². The van der Waals surface area contributed by atoms with E-state index in [-0.39, 0.29) is 5.75 Å². The molecule has 0 spiro atoms. The number of aromatic hydroxyl groups is 1. The summed E-state index contributed by atoms with van der Waals surface area (Å²) in [5.41, 5.74) is 7.29. The molecule has 2 heterocycles. The van der Waals surface area contributed by atoms with Crippen LogP contribution in [-0.2, 0) is 0 Å². The highest BCUT2D eigenvalue weighted by atomic mass is 16.3. The molecule has 0 saturated heterocycles. The zero-order valence-electron chi connectivity index (χ0n) is 15.2. The van der Waals surface area contributed by atoms with Crippen molar-refractivity contribution in [3.8, 4) is 39.3 Å². The molecule has 0 bridgehead atoms. The molecule has 134 valence electrons. The number of aromatic nitrogens is 2. The Bertz CT molecular complexity index is 1240. The minimum Gasteiger partial charge on any atom is -0.508 e. The summed E-state index contributed by atoms with van der Waals surface area (Å²) in [4.78, 5) is 4.91. The molecule has 5 rings (SSSR count). The molecule has 2 aromatic heterocycles. The van der Waals surface area contributed by atoms with Gasteiger partial charge in [0, 0.05) is 23.5 Å². The molecule has 0 aliphatic rings. The Morgan fingerprint density at radius 1 is 0.607 bits per heavy atom. The van der Waals surface area contributed by atoms with Crippen LogP contribution < -0.4 is 0 Å². The van der Waals surface area contributed by atoms with E-state index in [0.29, 0.717) is 0 Å². The maximum atomic E-state index is 9.57. The smallest absolute Gasteiger partial charge is 0.145 e. The van der Waals surface area contributed by atoms with Crippen LogP contribution in [0.5, 0.6) is 5.75 Å². The number of pyridine rings is 1. The highest BCUT2D eigenvalue weighted by Gasteiger charge is 2.12. The summed E-state index contributed by atoms with van der Waals surface area (Å²) in [7, 11) is 0. The lowest BCUT2D eigenvalue weighted by molar-refractivity contribution is 0.475. The zero-order valence-corrected chi connectivity index (χ0v) is 15.2.